The number of aromatic nitrogens is 4. The lowest BCUT2D eigenvalue weighted by Gasteiger charge is -2.15. The van der Waals surface area contributed by atoms with E-state index in [1.807, 2.05) is 72.0 Å². The average Bonchev–Trinajstić information content (AvgIpc) is 3.68. The van der Waals surface area contributed by atoms with E-state index in [-0.39, 0.29) is 0 Å². The normalized spacial score (nSPS) is 11.8. The summed E-state index contributed by atoms with van der Waals surface area (Å²) in [6, 6.07) is 55.5. The van der Waals surface area contributed by atoms with Gasteiger partial charge in [-0.3, -0.25) is 0 Å². The first-order valence-electron chi connectivity index (χ1n) is 16.0. The second-order valence-electron chi connectivity index (χ2n) is 12.0. The monoisotopic (exact) mass is 630 g/mol. The summed E-state index contributed by atoms with van der Waals surface area (Å²) in [7, 11) is 0. The Bertz CT molecular complexity index is 2780. The third-order valence-electron chi connectivity index (χ3n) is 9.25. The molecule has 0 aliphatic rings. The maximum absolute atomic E-state index is 5.07. The molecule has 10 aromatic rings. The van der Waals surface area contributed by atoms with Crippen LogP contribution in [-0.2, 0) is 0 Å². The Balaban J connectivity index is 1.24. The highest BCUT2D eigenvalue weighted by atomic mass is 32.1. The number of thiophene rings is 1. The van der Waals surface area contributed by atoms with Gasteiger partial charge in [0.2, 0.25) is 0 Å². The molecule has 4 nitrogen and oxygen atoms in total. The molecule has 48 heavy (non-hydrogen) atoms. The van der Waals surface area contributed by atoms with Crippen molar-refractivity contribution in [1.29, 1.82) is 0 Å². The Morgan fingerprint density at radius 2 is 0.958 bits per heavy atom. The predicted octanol–water partition coefficient (Wildman–Crippen LogP) is 11.5. The molecular formula is C43H26N4S. The highest BCUT2D eigenvalue weighted by Gasteiger charge is 2.19. The molecule has 0 N–H and O–H groups in total. The lowest BCUT2D eigenvalue weighted by atomic mass is 10.0. The SMILES string of the molecule is c1ccc(-c2nc(-c3ccccc3)nc(-c3ccc(-n4c5ccccc5c5cc6c(cc54)sc4ccccc46)c4ccccc34)n2)cc1. The van der Waals surface area contributed by atoms with Gasteiger partial charge >= 0.3 is 0 Å². The summed E-state index contributed by atoms with van der Waals surface area (Å²) in [5.74, 6) is 1.96. The fraction of sp³-hybridized carbons (Fsp3) is 0. The van der Waals surface area contributed by atoms with Crippen LogP contribution in [-0.4, -0.2) is 19.5 Å². The number of benzene rings is 7. The first-order chi connectivity index (χ1) is 23.8. The molecule has 7 aromatic carbocycles. The molecule has 0 fully saturated rings. The summed E-state index contributed by atoms with van der Waals surface area (Å²) < 4.78 is 5.03. The lowest BCUT2D eigenvalue weighted by Crippen LogP contribution is -2.01. The molecule has 0 saturated heterocycles. The van der Waals surface area contributed by atoms with Crippen LogP contribution in [0.2, 0.25) is 0 Å². The van der Waals surface area contributed by atoms with Gasteiger partial charge in [-0.05, 0) is 41.8 Å². The van der Waals surface area contributed by atoms with Gasteiger partial charge in [0.05, 0.1) is 16.7 Å². The number of hydrogen-bond donors (Lipinski definition) is 0. The number of nitrogens with zero attached hydrogens (tertiary/aromatic N) is 4. The Kier molecular flexibility index (Phi) is 6.01. The smallest absolute Gasteiger partial charge is 0.164 e. The minimum absolute atomic E-state index is 0.652. The van der Waals surface area contributed by atoms with Crippen molar-refractivity contribution in [3.05, 3.63) is 158 Å². The van der Waals surface area contributed by atoms with Crippen LogP contribution in [0.25, 0.3) is 92.6 Å². The number of hydrogen-bond acceptors (Lipinski definition) is 4. The van der Waals surface area contributed by atoms with Gasteiger partial charge < -0.3 is 4.57 Å². The van der Waals surface area contributed by atoms with Crippen molar-refractivity contribution in [3.63, 3.8) is 0 Å². The molecule has 10 rings (SSSR count). The topological polar surface area (TPSA) is 43.6 Å². The van der Waals surface area contributed by atoms with Crippen molar-refractivity contribution in [2.24, 2.45) is 0 Å². The second-order valence-corrected chi connectivity index (χ2v) is 13.1. The maximum Gasteiger partial charge on any atom is 0.164 e. The summed E-state index contributed by atoms with van der Waals surface area (Å²) in [5, 5.41) is 7.35. The van der Waals surface area contributed by atoms with Gasteiger partial charge in [-0.25, -0.2) is 15.0 Å². The van der Waals surface area contributed by atoms with Gasteiger partial charge in [0.1, 0.15) is 0 Å². The zero-order valence-electron chi connectivity index (χ0n) is 25.7. The Labute approximate surface area is 280 Å². The summed E-state index contributed by atoms with van der Waals surface area (Å²) in [6.45, 7) is 0. The zero-order chi connectivity index (χ0) is 31.6. The zero-order valence-corrected chi connectivity index (χ0v) is 26.5. The van der Waals surface area contributed by atoms with Gasteiger partial charge in [-0.1, -0.05) is 121 Å². The van der Waals surface area contributed by atoms with Crippen LogP contribution < -0.4 is 0 Å². The lowest BCUT2D eigenvalue weighted by molar-refractivity contribution is 1.08. The molecule has 224 valence electrons. The predicted molar refractivity (Wildman–Crippen MR) is 201 cm³/mol. The highest BCUT2D eigenvalue weighted by Crippen LogP contribution is 2.42. The van der Waals surface area contributed by atoms with Crippen LogP contribution in [0, 0.1) is 0 Å². The second kappa shape index (κ2) is 10.7. The van der Waals surface area contributed by atoms with E-state index in [9.17, 15) is 0 Å². The van der Waals surface area contributed by atoms with E-state index in [2.05, 4.69) is 102 Å². The molecule has 3 aromatic heterocycles. The van der Waals surface area contributed by atoms with E-state index in [1.165, 1.54) is 42.0 Å². The summed E-state index contributed by atoms with van der Waals surface area (Å²) in [5.41, 5.74) is 6.39. The van der Waals surface area contributed by atoms with E-state index in [0.29, 0.717) is 17.5 Å². The third-order valence-corrected chi connectivity index (χ3v) is 10.4. The molecule has 5 heteroatoms. The molecule has 3 heterocycles. The maximum atomic E-state index is 5.07. The summed E-state index contributed by atoms with van der Waals surface area (Å²) in [4.78, 5) is 15.1. The molecular weight excluding hydrogens is 605 g/mol. The minimum Gasteiger partial charge on any atom is -0.309 e. The minimum atomic E-state index is 0.652. The molecule has 0 atom stereocenters. The van der Waals surface area contributed by atoms with Crippen molar-refractivity contribution in [2.75, 3.05) is 0 Å². The van der Waals surface area contributed by atoms with Crippen molar-refractivity contribution in [3.8, 4) is 39.9 Å². The summed E-state index contributed by atoms with van der Waals surface area (Å²) in [6.07, 6.45) is 0. The molecule has 0 unspecified atom stereocenters. The van der Waals surface area contributed by atoms with Gasteiger partial charge in [-0.2, -0.15) is 0 Å². The summed E-state index contributed by atoms with van der Waals surface area (Å²) >= 11 is 1.86. The van der Waals surface area contributed by atoms with Crippen molar-refractivity contribution < 1.29 is 0 Å². The average molecular weight is 631 g/mol. The van der Waals surface area contributed by atoms with Gasteiger partial charge in [0.25, 0.3) is 0 Å². The van der Waals surface area contributed by atoms with Crippen LogP contribution in [0.5, 0.6) is 0 Å². The fourth-order valence-corrected chi connectivity index (χ4v) is 8.17. The molecule has 0 saturated carbocycles. The largest absolute Gasteiger partial charge is 0.309 e. The molecule has 0 spiro atoms. The van der Waals surface area contributed by atoms with Crippen molar-refractivity contribution in [2.45, 2.75) is 0 Å². The molecule has 0 amide bonds. The molecule has 0 radical (unpaired) electrons. The quantitative estimate of drug-likeness (QED) is 0.194. The van der Waals surface area contributed by atoms with E-state index >= 15 is 0 Å². The first kappa shape index (κ1) is 27.0. The molecule has 0 bridgehead atoms. The number of para-hydroxylation sites is 1. The van der Waals surface area contributed by atoms with E-state index in [4.69, 9.17) is 15.0 Å². The first-order valence-corrected chi connectivity index (χ1v) is 16.9. The van der Waals surface area contributed by atoms with Crippen LogP contribution in [0.15, 0.2) is 158 Å². The van der Waals surface area contributed by atoms with Gasteiger partial charge in [0.15, 0.2) is 17.5 Å². The Hall–Kier alpha value is -6.17. The van der Waals surface area contributed by atoms with Crippen LogP contribution in [0.1, 0.15) is 0 Å². The van der Waals surface area contributed by atoms with E-state index in [0.717, 1.165) is 33.2 Å². The van der Waals surface area contributed by atoms with Crippen molar-refractivity contribution >= 4 is 64.1 Å². The Morgan fingerprint density at radius 3 is 1.69 bits per heavy atom. The highest BCUT2D eigenvalue weighted by molar-refractivity contribution is 7.25. The van der Waals surface area contributed by atoms with Gasteiger partial charge in [-0.15, -0.1) is 11.3 Å². The standard InChI is InChI=1S/C43H26N4S/c1-3-13-27(14-4-1)41-44-42(28-15-5-2-6-16-28)46-43(45-41)33-23-24-37(30-18-8-7-17-29(30)33)47-36-21-11-9-19-31(36)34-25-35-32-20-10-12-22-39(32)48-40(35)26-38(34)47/h1-26H. The van der Waals surface area contributed by atoms with E-state index < -0.39 is 0 Å². The van der Waals surface area contributed by atoms with Crippen LogP contribution in [0.3, 0.4) is 0 Å². The fourth-order valence-electron chi connectivity index (χ4n) is 7.05. The molecule has 0 aliphatic carbocycles. The third kappa shape index (κ3) is 4.18. The van der Waals surface area contributed by atoms with E-state index in [1.54, 1.807) is 0 Å². The number of fused-ring (bicyclic) bond motifs is 7. The van der Waals surface area contributed by atoms with Crippen LogP contribution >= 0.6 is 11.3 Å². The van der Waals surface area contributed by atoms with Crippen LogP contribution in [0.4, 0.5) is 0 Å². The van der Waals surface area contributed by atoms with Gasteiger partial charge in [0, 0.05) is 53.0 Å². The Morgan fingerprint density at radius 1 is 0.375 bits per heavy atom. The number of rotatable bonds is 4. The van der Waals surface area contributed by atoms with Crippen molar-refractivity contribution in [1.82, 2.24) is 19.5 Å². The molecule has 0 aliphatic heterocycles.